The summed E-state index contributed by atoms with van der Waals surface area (Å²) < 4.78 is 38.9. The minimum Gasteiger partial charge on any atom is -1.00 e. The Morgan fingerprint density at radius 2 is 0.431 bits per heavy atom. The smallest absolute Gasteiger partial charge is 1.00 e. The number of unbranched alkanes of at least 4 members (excludes halogenated alkanes) is 45. The third-order valence-electron chi connectivity index (χ3n) is 19.6. The molecule has 0 spiro atoms. The largest absolute Gasteiger partial charge is 2.00 e. The van der Waals surface area contributed by atoms with Crippen LogP contribution < -0.4 is 17.0 Å². The third-order valence-corrected chi connectivity index (χ3v) is 20.2. The van der Waals surface area contributed by atoms with Gasteiger partial charge in [0.1, 0.15) is 6.71 Å². The fourth-order valence-electron chi connectivity index (χ4n) is 12.8. The summed E-state index contributed by atoms with van der Waals surface area (Å²) in [5, 5.41) is 1.17. The van der Waals surface area contributed by atoms with Gasteiger partial charge in [-0.3, -0.25) is 12.9 Å². The normalized spacial score (nSPS) is 12.8. The number of allylic oxidation sites excluding steroid dienone is 20. The van der Waals surface area contributed by atoms with Crippen LogP contribution >= 0.6 is 15.9 Å². The quantitative estimate of drug-likeness (QED) is 0.0199. The van der Waals surface area contributed by atoms with Crippen LogP contribution in [0, 0.1) is 6.92 Å². The Kier molecular flexibility index (Phi) is 138. The molecule has 2 heterocycles. The molecule has 0 aromatic rings. The van der Waals surface area contributed by atoms with Crippen LogP contribution in [0.25, 0.3) is 0 Å². The molecule has 0 saturated carbocycles. The van der Waals surface area contributed by atoms with Gasteiger partial charge >= 0.3 is 53.6 Å². The maximum absolute atomic E-state index is 9.67. The Morgan fingerprint density at radius 1 is 0.266 bits per heavy atom. The van der Waals surface area contributed by atoms with Gasteiger partial charge in [-0.2, -0.15) is 6.42 Å². The molecule has 109 heavy (non-hydrogen) atoms. The zero-order valence-corrected chi connectivity index (χ0v) is 79.4. The van der Waals surface area contributed by atoms with E-state index in [-0.39, 0.29) is 65.9 Å². The summed E-state index contributed by atoms with van der Waals surface area (Å²) in [5.74, 6) is 0. The molecular formula is C98H183B2Br2F3Mg2O2. The molecule has 2 rings (SSSR count). The van der Waals surface area contributed by atoms with E-state index in [1.807, 2.05) is 0 Å². The summed E-state index contributed by atoms with van der Waals surface area (Å²) >= 11 is 3.48. The summed E-state index contributed by atoms with van der Waals surface area (Å²) in [5.41, 5.74) is 0. The standard InChI is InChI=1S/C54H99B.C18H33Br.C18H33.2C4H8O.BF3.BrH.2Mg.2H/c1-4-7-10-13-16-19-22-25-28-31-34-37-40-43-46-49-52-55(53-50-47-44-41-38-35-32-29-26-23-20-17-14-11-8-5-2)54-51-48-45-42-39-36-33-30-27-24-21-18-15-12-9-6-3;1-2-3-4-5-6-7-8-9-10-11-12-13-14-15-16-17-18-19;1-3-5-7-9-11-13-15-17-18-16-14-12-10-8-6-4-2;2*1-2-4-5-3-1;2-1(3)4;;;;;/h16-21,25-30H,4-15,22-24,31-54H2,1-3H3;6-7,9-10H,2-5,8,11-18H2,1H3;12,14,17-18H,1,3-11,13,15-16H2,2H3;2*1-4H2;;1H;;;;/q;;-1;;;;;2*+2;2*-1/p-1/b19-16-,20-17-,21-18-,28-25-,29-26-,30-27-;7-6-,10-9-;14-12-,18-17-;;;;;;;;. The Morgan fingerprint density at radius 3 is 0.596 bits per heavy atom. The van der Waals surface area contributed by atoms with Crippen molar-refractivity contribution in [1.29, 1.82) is 0 Å². The van der Waals surface area contributed by atoms with Crippen molar-refractivity contribution >= 4 is 76.3 Å². The van der Waals surface area contributed by atoms with Gasteiger partial charge in [0.05, 0.1) is 0 Å². The number of ether oxygens (including phenoxy) is 2. The minimum absolute atomic E-state index is 0. The SMILES string of the molecule is C1CCOC1.C1CCOC1.CCCCC/C=C\C/C=C\CCCCCCCCB(CCCCCCCC/C=C\C/C=C\CCCCC)CCCCCCCC/C=C\C/C=C\CCCCC.CCCCC/C=C\C/C=C\CCCCCCCCBr.FB(F)F.[Br-].[CH2-]CCCCCCC/C=C\C/C=C\CCCCC.[H-].[H-].[Mg+2].[Mg+2]. The van der Waals surface area contributed by atoms with Crippen LogP contribution in [0.1, 0.15) is 448 Å². The Bertz CT molecular complexity index is 1720. The summed E-state index contributed by atoms with van der Waals surface area (Å²) in [6.07, 6.45) is 137. The molecule has 632 valence electrons. The van der Waals surface area contributed by atoms with Crippen molar-refractivity contribution in [2.45, 2.75) is 465 Å². The Labute approximate surface area is 737 Å². The first-order valence-electron chi connectivity index (χ1n) is 46.3. The fraction of sp³-hybridized carbons (Fsp3) is 0.786. The van der Waals surface area contributed by atoms with Gasteiger partial charge in [-0.1, -0.05) is 403 Å². The molecule has 0 amide bonds. The molecule has 0 radical (unpaired) electrons. The molecule has 2 fully saturated rings. The van der Waals surface area contributed by atoms with Crippen LogP contribution in [0.2, 0.25) is 19.0 Å². The second kappa shape index (κ2) is 123. The maximum Gasteiger partial charge on any atom is 2.00 e. The molecule has 2 nitrogen and oxygen atoms in total. The first kappa shape index (κ1) is 122. The van der Waals surface area contributed by atoms with E-state index < -0.39 is 7.54 Å². The Hall–Kier alpha value is -0.268. The summed E-state index contributed by atoms with van der Waals surface area (Å²) in [6.45, 7) is 20.2. The van der Waals surface area contributed by atoms with E-state index in [1.165, 1.54) is 397 Å². The van der Waals surface area contributed by atoms with Gasteiger partial charge in [-0.15, -0.1) is 0 Å². The topological polar surface area (TPSA) is 18.5 Å². The molecule has 2 aliphatic rings. The number of rotatable bonds is 72. The zero-order chi connectivity index (χ0) is 77.6. The van der Waals surface area contributed by atoms with Gasteiger partial charge in [0.15, 0.2) is 0 Å². The summed E-state index contributed by atoms with van der Waals surface area (Å²) in [6, 6.07) is 0. The molecule has 0 N–H and O–H groups in total. The van der Waals surface area contributed by atoms with Gasteiger partial charge in [0.25, 0.3) is 0 Å². The average molecular weight is 1680 g/mol. The molecular weight excluding hydrogens is 1500 g/mol. The van der Waals surface area contributed by atoms with Crippen molar-refractivity contribution in [2.75, 3.05) is 31.8 Å². The van der Waals surface area contributed by atoms with Gasteiger partial charge in [0, 0.05) is 31.8 Å². The maximum atomic E-state index is 9.67. The first-order chi connectivity index (χ1) is 52.4. The van der Waals surface area contributed by atoms with Crippen LogP contribution in [-0.4, -0.2) is 92.1 Å². The number of halogens is 5. The Balaban J connectivity index is -0.000000213. The second-order valence-corrected chi connectivity index (χ2v) is 31.0. The summed E-state index contributed by atoms with van der Waals surface area (Å²) in [7, 11) is -3.67. The molecule has 0 atom stereocenters. The third kappa shape index (κ3) is 134. The fourth-order valence-corrected chi connectivity index (χ4v) is 13.2. The summed E-state index contributed by atoms with van der Waals surface area (Å²) in [4.78, 5) is 0. The van der Waals surface area contributed by atoms with E-state index in [1.54, 1.807) is 0 Å². The monoisotopic (exact) mass is 1680 g/mol. The van der Waals surface area contributed by atoms with E-state index in [9.17, 15) is 12.9 Å². The number of hydrogen-bond acceptors (Lipinski definition) is 2. The molecule has 0 bridgehead atoms. The van der Waals surface area contributed by atoms with E-state index >= 15 is 0 Å². The van der Waals surface area contributed by atoms with Crippen LogP contribution in [-0.2, 0) is 9.47 Å². The number of hydrogen-bond donors (Lipinski definition) is 0. The van der Waals surface area contributed by atoms with Crippen molar-refractivity contribution in [3.63, 3.8) is 0 Å². The van der Waals surface area contributed by atoms with Crippen LogP contribution in [0.15, 0.2) is 122 Å². The van der Waals surface area contributed by atoms with Crippen LogP contribution in [0.5, 0.6) is 0 Å². The van der Waals surface area contributed by atoms with Gasteiger partial charge < -0.3 is 36.2 Å². The average Bonchev–Trinajstić information content (AvgIpc) is 1.05. The van der Waals surface area contributed by atoms with E-state index in [0.29, 0.717) is 0 Å². The van der Waals surface area contributed by atoms with Crippen molar-refractivity contribution in [1.82, 2.24) is 0 Å². The molecule has 0 unspecified atom stereocenters. The molecule has 0 aromatic heterocycles. The van der Waals surface area contributed by atoms with E-state index in [0.717, 1.165) is 71.7 Å². The molecule has 11 heteroatoms. The molecule has 2 aliphatic heterocycles. The number of alkyl halides is 1. The van der Waals surface area contributed by atoms with Gasteiger partial charge in [0.2, 0.25) is 0 Å². The van der Waals surface area contributed by atoms with Gasteiger partial charge in [-0.25, -0.2) is 0 Å². The second-order valence-electron chi connectivity index (χ2n) is 30.2. The molecule has 2 saturated heterocycles. The predicted molar refractivity (Wildman–Crippen MR) is 499 cm³/mol. The zero-order valence-electron chi connectivity index (χ0n) is 75.4. The van der Waals surface area contributed by atoms with Crippen LogP contribution in [0.4, 0.5) is 12.9 Å². The van der Waals surface area contributed by atoms with E-state index in [4.69, 9.17) is 9.47 Å². The van der Waals surface area contributed by atoms with Crippen LogP contribution in [0.3, 0.4) is 0 Å². The van der Waals surface area contributed by atoms with E-state index in [2.05, 4.69) is 179 Å². The van der Waals surface area contributed by atoms with Crippen molar-refractivity contribution in [3.05, 3.63) is 128 Å². The van der Waals surface area contributed by atoms with Crippen molar-refractivity contribution in [3.8, 4) is 0 Å². The van der Waals surface area contributed by atoms with Gasteiger partial charge in [-0.05, 0) is 193 Å². The first-order valence-corrected chi connectivity index (χ1v) is 47.5. The predicted octanol–water partition coefficient (Wildman–Crippen LogP) is 32.7. The van der Waals surface area contributed by atoms with Crippen molar-refractivity contribution < 1.29 is 42.3 Å². The minimum atomic E-state index is -3.67. The van der Waals surface area contributed by atoms with Crippen molar-refractivity contribution in [2.24, 2.45) is 0 Å². The molecule has 0 aliphatic carbocycles. The molecule has 0 aromatic carbocycles.